The molecule has 0 saturated heterocycles. The second-order valence-corrected chi connectivity index (χ2v) is 4.16. The van der Waals surface area contributed by atoms with E-state index < -0.39 is 0 Å². The van der Waals surface area contributed by atoms with Crippen LogP contribution in [0.15, 0.2) is 10.9 Å². The van der Waals surface area contributed by atoms with Gasteiger partial charge in [-0.15, -0.1) is 0 Å². The van der Waals surface area contributed by atoms with Crippen molar-refractivity contribution in [3.63, 3.8) is 0 Å². The molecule has 0 saturated carbocycles. The zero-order valence-corrected chi connectivity index (χ0v) is 11.6. The number of hydrogen-bond donors (Lipinski definition) is 2. The molecule has 108 valence electrons. The summed E-state index contributed by atoms with van der Waals surface area (Å²) in [5, 5.41) is 9.71. The highest BCUT2D eigenvalue weighted by Gasteiger charge is 2.09. The Balaban J connectivity index is 2.10. The first-order valence-corrected chi connectivity index (χ1v) is 6.33. The van der Waals surface area contributed by atoms with Gasteiger partial charge in [-0.05, 0) is 20.8 Å². The van der Waals surface area contributed by atoms with Gasteiger partial charge in [-0.3, -0.25) is 0 Å². The molecule has 0 atom stereocenters. The van der Waals surface area contributed by atoms with Crippen molar-refractivity contribution in [1.29, 1.82) is 0 Å². The fraction of sp³-hybridized carbons (Fsp3) is 0.545. The van der Waals surface area contributed by atoms with Crippen LogP contribution in [0.2, 0.25) is 0 Å². The molecule has 0 aliphatic carbocycles. The molecule has 0 fully saturated rings. The molecule has 2 aromatic rings. The van der Waals surface area contributed by atoms with Crippen molar-refractivity contribution in [3.05, 3.63) is 12.2 Å². The summed E-state index contributed by atoms with van der Waals surface area (Å²) in [6, 6.07) is 0.265. The van der Waals surface area contributed by atoms with E-state index in [2.05, 4.69) is 40.2 Å². The molecule has 2 aromatic heterocycles. The van der Waals surface area contributed by atoms with Crippen LogP contribution in [0.5, 0.6) is 6.01 Å². The second-order valence-electron chi connectivity index (χ2n) is 4.16. The van der Waals surface area contributed by atoms with Crippen LogP contribution >= 0.6 is 0 Å². The summed E-state index contributed by atoms with van der Waals surface area (Å²) in [4.78, 5) is 16.5. The van der Waals surface area contributed by atoms with Gasteiger partial charge in [-0.1, -0.05) is 5.16 Å². The summed E-state index contributed by atoms with van der Waals surface area (Å²) in [5.41, 5.74) is 0. The molecule has 0 aromatic carbocycles. The molecule has 9 nitrogen and oxygen atoms in total. The van der Waals surface area contributed by atoms with E-state index in [1.54, 1.807) is 0 Å². The van der Waals surface area contributed by atoms with Crippen LogP contribution in [0.3, 0.4) is 0 Å². The summed E-state index contributed by atoms with van der Waals surface area (Å²) in [5.74, 6) is 1.35. The Bertz CT molecular complexity index is 530. The molecule has 0 bridgehead atoms. The van der Waals surface area contributed by atoms with Crippen molar-refractivity contribution in [2.75, 3.05) is 17.2 Å². The summed E-state index contributed by atoms with van der Waals surface area (Å²) in [6.07, 6.45) is 1.25. The molecule has 0 aliphatic rings. The molecule has 2 N–H and O–H groups in total. The highest BCUT2D eigenvalue weighted by atomic mass is 16.5. The third-order valence-corrected chi connectivity index (χ3v) is 2.10. The number of aromatic nitrogens is 5. The second kappa shape index (κ2) is 6.64. The maximum absolute atomic E-state index is 5.49. The Kier molecular flexibility index (Phi) is 4.64. The molecule has 0 amide bonds. The van der Waals surface area contributed by atoms with E-state index in [0.29, 0.717) is 30.8 Å². The van der Waals surface area contributed by atoms with Crippen LogP contribution in [-0.2, 0) is 6.54 Å². The number of ether oxygens (including phenoxy) is 1. The van der Waals surface area contributed by atoms with Gasteiger partial charge in [0.15, 0.2) is 5.82 Å². The highest BCUT2D eigenvalue weighted by Crippen LogP contribution is 2.12. The number of rotatable bonds is 7. The molecule has 0 spiro atoms. The fourth-order valence-corrected chi connectivity index (χ4v) is 1.36. The first-order chi connectivity index (χ1) is 9.67. The maximum atomic E-state index is 5.49. The lowest BCUT2D eigenvalue weighted by Crippen LogP contribution is -2.14. The van der Waals surface area contributed by atoms with Crippen LogP contribution in [-0.4, -0.2) is 37.7 Å². The van der Waals surface area contributed by atoms with Gasteiger partial charge in [-0.25, -0.2) is 0 Å². The summed E-state index contributed by atoms with van der Waals surface area (Å²) in [7, 11) is 0. The Labute approximate surface area is 116 Å². The molecular formula is C11H17N7O2. The third-order valence-electron chi connectivity index (χ3n) is 2.10. The molecule has 0 aliphatic heterocycles. The van der Waals surface area contributed by atoms with Gasteiger partial charge >= 0.3 is 6.01 Å². The summed E-state index contributed by atoms with van der Waals surface area (Å²) in [6.45, 7) is 6.83. The lowest BCUT2D eigenvalue weighted by Gasteiger charge is -2.11. The van der Waals surface area contributed by atoms with Crippen LogP contribution in [0.1, 0.15) is 26.6 Å². The molecule has 2 rings (SSSR count). The van der Waals surface area contributed by atoms with E-state index in [1.807, 2.05) is 20.8 Å². The van der Waals surface area contributed by atoms with Crippen LogP contribution < -0.4 is 15.4 Å². The SMILES string of the molecule is CCNc1nc(NCc2ncon2)nc(OC(C)C)n1. The van der Waals surface area contributed by atoms with Crippen molar-refractivity contribution in [3.8, 4) is 6.01 Å². The van der Waals surface area contributed by atoms with Crippen LogP contribution in [0.4, 0.5) is 11.9 Å². The van der Waals surface area contributed by atoms with E-state index in [-0.39, 0.29) is 12.1 Å². The molecule has 0 unspecified atom stereocenters. The van der Waals surface area contributed by atoms with E-state index in [0.717, 1.165) is 0 Å². The Hall–Kier alpha value is -2.45. The van der Waals surface area contributed by atoms with E-state index in [9.17, 15) is 0 Å². The normalized spacial score (nSPS) is 10.6. The van der Waals surface area contributed by atoms with Gasteiger partial charge in [0.2, 0.25) is 18.3 Å². The van der Waals surface area contributed by atoms with E-state index in [1.165, 1.54) is 6.39 Å². The molecular weight excluding hydrogens is 262 g/mol. The Morgan fingerprint density at radius 2 is 1.95 bits per heavy atom. The minimum atomic E-state index is -0.0167. The molecule has 20 heavy (non-hydrogen) atoms. The van der Waals surface area contributed by atoms with Gasteiger partial charge in [0.1, 0.15) is 0 Å². The van der Waals surface area contributed by atoms with Crippen molar-refractivity contribution >= 4 is 11.9 Å². The van der Waals surface area contributed by atoms with Gasteiger partial charge in [0, 0.05) is 6.54 Å². The Morgan fingerprint density at radius 1 is 1.20 bits per heavy atom. The Morgan fingerprint density at radius 3 is 2.55 bits per heavy atom. The minimum absolute atomic E-state index is 0.0167. The molecule has 0 radical (unpaired) electrons. The maximum Gasteiger partial charge on any atom is 0.323 e. The van der Waals surface area contributed by atoms with Crippen molar-refractivity contribution < 1.29 is 9.26 Å². The van der Waals surface area contributed by atoms with Gasteiger partial charge < -0.3 is 19.9 Å². The minimum Gasteiger partial charge on any atom is -0.461 e. The van der Waals surface area contributed by atoms with Crippen LogP contribution in [0, 0.1) is 0 Å². The topological polar surface area (TPSA) is 111 Å². The monoisotopic (exact) mass is 279 g/mol. The van der Waals surface area contributed by atoms with Crippen molar-refractivity contribution in [2.24, 2.45) is 0 Å². The van der Waals surface area contributed by atoms with Gasteiger partial charge in [-0.2, -0.15) is 19.9 Å². The fourth-order valence-electron chi connectivity index (χ4n) is 1.36. The average molecular weight is 279 g/mol. The first kappa shape index (κ1) is 14.0. The average Bonchev–Trinajstić information content (AvgIpc) is 2.89. The van der Waals surface area contributed by atoms with E-state index in [4.69, 9.17) is 4.74 Å². The quantitative estimate of drug-likeness (QED) is 0.769. The van der Waals surface area contributed by atoms with Crippen molar-refractivity contribution in [2.45, 2.75) is 33.4 Å². The van der Waals surface area contributed by atoms with Gasteiger partial charge in [0.25, 0.3) is 0 Å². The molecule has 2 heterocycles. The standard InChI is InChI=1S/C11H17N7O2/c1-4-12-9-15-10(13-5-8-14-6-19-18-8)17-11(16-9)20-7(2)3/h6-7H,4-5H2,1-3H3,(H2,12,13,15,16,17). The zero-order valence-electron chi connectivity index (χ0n) is 11.6. The predicted molar refractivity (Wildman–Crippen MR) is 71.4 cm³/mol. The van der Waals surface area contributed by atoms with E-state index >= 15 is 0 Å². The number of nitrogens with one attached hydrogen (secondary N) is 2. The van der Waals surface area contributed by atoms with Gasteiger partial charge in [0.05, 0.1) is 12.6 Å². The number of hydrogen-bond acceptors (Lipinski definition) is 9. The van der Waals surface area contributed by atoms with Crippen LogP contribution in [0.25, 0.3) is 0 Å². The number of nitrogens with zero attached hydrogens (tertiary/aromatic N) is 5. The number of anilines is 2. The summed E-state index contributed by atoms with van der Waals surface area (Å²) >= 11 is 0. The third kappa shape index (κ3) is 4.04. The lowest BCUT2D eigenvalue weighted by atomic mass is 10.5. The smallest absolute Gasteiger partial charge is 0.323 e. The lowest BCUT2D eigenvalue weighted by molar-refractivity contribution is 0.222. The highest BCUT2D eigenvalue weighted by molar-refractivity contribution is 5.35. The van der Waals surface area contributed by atoms with Crippen molar-refractivity contribution in [1.82, 2.24) is 25.1 Å². The molecule has 9 heteroatoms. The largest absolute Gasteiger partial charge is 0.461 e. The summed E-state index contributed by atoms with van der Waals surface area (Å²) < 4.78 is 10.1. The predicted octanol–water partition coefficient (Wildman–Crippen LogP) is 1.09. The first-order valence-electron chi connectivity index (χ1n) is 6.33. The zero-order chi connectivity index (χ0) is 14.4.